The number of hydrogen-bond acceptors (Lipinski definition) is 4. The molecule has 0 aliphatic carbocycles. The van der Waals surface area contributed by atoms with Crippen LogP contribution in [0.5, 0.6) is 5.75 Å². The molecule has 4 nitrogen and oxygen atoms in total. The number of rotatable bonds is 5. The summed E-state index contributed by atoms with van der Waals surface area (Å²) in [5.41, 5.74) is 0.937. The van der Waals surface area contributed by atoms with Crippen LogP contribution >= 0.6 is 12.2 Å². The normalized spacial score (nSPS) is 10.6. The molecule has 2 rings (SSSR count). The Morgan fingerprint density at radius 3 is 2.90 bits per heavy atom. The van der Waals surface area contributed by atoms with E-state index in [2.05, 4.69) is 9.97 Å². The second kappa shape index (κ2) is 6.58. The molecule has 0 aliphatic heterocycles. The zero-order valence-corrected chi connectivity index (χ0v) is 12.1. The average molecular weight is 294 g/mol. The van der Waals surface area contributed by atoms with Crippen molar-refractivity contribution >= 4 is 12.2 Å². The van der Waals surface area contributed by atoms with E-state index < -0.39 is 5.82 Å². The van der Waals surface area contributed by atoms with Crippen LogP contribution in [0.25, 0.3) is 11.3 Å². The van der Waals surface area contributed by atoms with Crippen LogP contribution in [0, 0.1) is 10.5 Å². The predicted molar refractivity (Wildman–Crippen MR) is 76.7 cm³/mol. The molecule has 20 heavy (non-hydrogen) atoms. The molecule has 1 N–H and O–H groups in total. The molecule has 0 saturated heterocycles. The maximum absolute atomic E-state index is 14.2. The Morgan fingerprint density at radius 1 is 1.40 bits per heavy atom. The van der Waals surface area contributed by atoms with Gasteiger partial charge in [-0.3, -0.25) is 0 Å². The molecule has 0 unspecified atom stereocenters. The fraction of sp³-hybridized carbons (Fsp3) is 0.286. The van der Waals surface area contributed by atoms with Crippen LogP contribution < -0.4 is 4.74 Å². The van der Waals surface area contributed by atoms with Crippen molar-refractivity contribution in [3.8, 4) is 17.0 Å². The van der Waals surface area contributed by atoms with Gasteiger partial charge in [0.2, 0.25) is 0 Å². The Balaban J connectivity index is 2.47. The highest BCUT2D eigenvalue weighted by molar-refractivity contribution is 7.71. The topological polar surface area (TPSA) is 47.1 Å². The van der Waals surface area contributed by atoms with Crippen LogP contribution in [-0.2, 0) is 11.3 Å². The molecule has 0 saturated carbocycles. The number of halogens is 1. The lowest BCUT2D eigenvalue weighted by atomic mass is 10.1. The molecule has 2 aromatic rings. The highest BCUT2D eigenvalue weighted by Crippen LogP contribution is 2.27. The van der Waals surface area contributed by atoms with Gasteiger partial charge in [0.1, 0.15) is 17.1 Å². The lowest BCUT2D eigenvalue weighted by Crippen LogP contribution is -2.01. The number of nitrogens with one attached hydrogen (secondary N) is 1. The first-order chi connectivity index (χ1) is 9.65. The van der Waals surface area contributed by atoms with Crippen molar-refractivity contribution in [3.63, 3.8) is 0 Å². The third kappa shape index (κ3) is 3.20. The highest BCUT2D eigenvalue weighted by atomic mass is 32.1. The van der Waals surface area contributed by atoms with Gasteiger partial charge < -0.3 is 14.5 Å². The van der Waals surface area contributed by atoms with Gasteiger partial charge in [-0.2, -0.15) is 0 Å². The quantitative estimate of drug-likeness (QED) is 0.858. The van der Waals surface area contributed by atoms with E-state index in [1.165, 1.54) is 7.11 Å². The van der Waals surface area contributed by atoms with Crippen molar-refractivity contribution < 1.29 is 13.9 Å². The first-order valence-electron chi connectivity index (χ1n) is 6.16. The van der Waals surface area contributed by atoms with Gasteiger partial charge in [-0.05, 0) is 25.1 Å². The maximum Gasteiger partial charge on any atom is 0.174 e. The standard InChI is InChI=1S/C14H15FN2O2S/c1-3-19-8-12-16-10(7-13(20)17-12)9-5-4-6-11(18-2)14(9)15/h4-7H,3,8H2,1-2H3,(H,16,17,20). The van der Waals surface area contributed by atoms with Gasteiger partial charge in [0.15, 0.2) is 11.6 Å². The Labute approximate surface area is 121 Å². The number of ether oxygens (including phenoxy) is 2. The lowest BCUT2D eigenvalue weighted by Gasteiger charge is -2.09. The number of nitrogens with zero attached hydrogens (tertiary/aromatic N) is 1. The second-order valence-corrected chi connectivity index (χ2v) is 4.46. The summed E-state index contributed by atoms with van der Waals surface area (Å²) in [5.74, 6) is 0.316. The van der Waals surface area contributed by atoms with Gasteiger partial charge in [0.05, 0.1) is 12.8 Å². The zero-order chi connectivity index (χ0) is 14.5. The summed E-state index contributed by atoms with van der Waals surface area (Å²) in [6, 6.07) is 6.55. The molecule has 1 aromatic carbocycles. The minimum Gasteiger partial charge on any atom is -0.494 e. The van der Waals surface area contributed by atoms with Crippen molar-refractivity contribution in [1.29, 1.82) is 0 Å². The molecule has 0 aliphatic rings. The predicted octanol–water partition coefficient (Wildman–Crippen LogP) is 3.49. The number of H-pyrrole nitrogens is 1. The second-order valence-electron chi connectivity index (χ2n) is 4.04. The fourth-order valence-electron chi connectivity index (χ4n) is 1.80. The minimum absolute atomic E-state index is 0.185. The molecule has 0 fully saturated rings. The third-order valence-corrected chi connectivity index (χ3v) is 2.92. The number of aromatic nitrogens is 2. The molecule has 1 heterocycles. The largest absolute Gasteiger partial charge is 0.494 e. The summed E-state index contributed by atoms with van der Waals surface area (Å²) < 4.78 is 24.9. The van der Waals surface area contributed by atoms with E-state index >= 15 is 0 Å². The third-order valence-electron chi connectivity index (χ3n) is 2.71. The lowest BCUT2D eigenvalue weighted by molar-refractivity contribution is 0.128. The molecular weight excluding hydrogens is 279 g/mol. The van der Waals surface area contributed by atoms with Crippen molar-refractivity contribution in [2.75, 3.05) is 13.7 Å². The summed E-state index contributed by atoms with van der Waals surface area (Å²) in [5, 5.41) is 0. The number of benzene rings is 1. The van der Waals surface area contributed by atoms with E-state index in [1.807, 2.05) is 6.92 Å². The Morgan fingerprint density at radius 2 is 2.20 bits per heavy atom. The smallest absolute Gasteiger partial charge is 0.174 e. The molecule has 0 atom stereocenters. The van der Waals surface area contributed by atoms with Gasteiger partial charge in [-0.1, -0.05) is 18.3 Å². The Bertz CT molecular complexity index is 658. The molecule has 1 aromatic heterocycles. The number of methoxy groups -OCH3 is 1. The van der Waals surface area contributed by atoms with Crippen LogP contribution in [0.3, 0.4) is 0 Å². The summed E-state index contributed by atoms with van der Waals surface area (Å²) in [6.45, 7) is 2.76. The summed E-state index contributed by atoms with van der Waals surface area (Å²) in [7, 11) is 1.43. The van der Waals surface area contributed by atoms with Crippen molar-refractivity contribution in [1.82, 2.24) is 9.97 Å². The maximum atomic E-state index is 14.2. The molecule has 6 heteroatoms. The SMILES string of the molecule is CCOCc1nc(=S)cc(-c2cccc(OC)c2F)[nH]1. The van der Waals surface area contributed by atoms with Gasteiger partial charge in [-0.15, -0.1) is 0 Å². The van der Waals surface area contributed by atoms with Crippen LogP contribution in [0.4, 0.5) is 4.39 Å². The summed E-state index contributed by atoms with van der Waals surface area (Å²) in [4.78, 5) is 7.18. The summed E-state index contributed by atoms with van der Waals surface area (Å²) in [6.07, 6.45) is 0. The van der Waals surface area contributed by atoms with Gasteiger partial charge in [0, 0.05) is 12.2 Å². The van der Waals surface area contributed by atoms with E-state index in [1.54, 1.807) is 24.3 Å². The van der Waals surface area contributed by atoms with Crippen LogP contribution in [0.15, 0.2) is 24.3 Å². The number of aromatic amines is 1. The molecular formula is C14H15FN2O2S. The van der Waals surface area contributed by atoms with Crippen LogP contribution in [-0.4, -0.2) is 23.7 Å². The van der Waals surface area contributed by atoms with Crippen molar-refractivity contribution in [2.45, 2.75) is 13.5 Å². The van der Waals surface area contributed by atoms with Crippen LogP contribution in [0.1, 0.15) is 12.7 Å². The monoisotopic (exact) mass is 294 g/mol. The van der Waals surface area contributed by atoms with Gasteiger partial charge >= 0.3 is 0 Å². The van der Waals surface area contributed by atoms with E-state index in [9.17, 15) is 4.39 Å². The molecule has 106 valence electrons. The molecule has 0 spiro atoms. The molecule has 0 bridgehead atoms. The Kier molecular flexibility index (Phi) is 4.81. The first-order valence-corrected chi connectivity index (χ1v) is 6.57. The molecule has 0 amide bonds. The Hall–Kier alpha value is -1.79. The first kappa shape index (κ1) is 14.6. The average Bonchev–Trinajstić information content (AvgIpc) is 2.44. The van der Waals surface area contributed by atoms with Crippen molar-refractivity contribution in [2.24, 2.45) is 0 Å². The zero-order valence-electron chi connectivity index (χ0n) is 11.3. The fourth-order valence-corrected chi connectivity index (χ4v) is 2.02. The van der Waals surface area contributed by atoms with Crippen molar-refractivity contribution in [3.05, 3.63) is 40.5 Å². The number of hydrogen-bond donors (Lipinski definition) is 1. The van der Waals surface area contributed by atoms with Crippen LogP contribution in [0.2, 0.25) is 0 Å². The highest BCUT2D eigenvalue weighted by Gasteiger charge is 2.11. The minimum atomic E-state index is -0.436. The van der Waals surface area contributed by atoms with E-state index in [0.717, 1.165) is 0 Å². The van der Waals surface area contributed by atoms with E-state index in [0.29, 0.717) is 34.9 Å². The van der Waals surface area contributed by atoms with Gasteiger partial charge in [0.25, 0.3) is 0 Å². The van der Waals surface area contributed by atoms with Gasteiger partial charge in [-0.25, -0.2) is 9.37 Å². The summed E-state index contributed by atoms with van der Waals surface area (Å²) >= 11 is 5.10. The van der Waals surface area contributed by atoms with E-state index in [-0.39, 0.29) is 5.75 Å². The van der Waals surface area contributed by atoms with E-state index in [4.69, 9.17) is 21.7 Å². The molecule has 0 radical (unpaired) electrons.